The monoisotopic (exact) mass is 447 g/mol. The van der Waals surface area contributed by atoms with E-state index in [1.165, 1.54) is 24.3 Å². The number of nitrogens with zero attached hydrogens (tertiary/aromatic N) is 2. The number of esters is 2. The summed E-state index contributed by atoms with van der Waals surface area (Å²) < 4.78 is 25.3. The molecule has 1 N–H and O–H groups in total. The maximum Gasteiger partial charge on any atom is 0.343 e. The second kappa shape index (κ2) is 9.52. The third-order valence-electron chi connectivity index (χ3n) is 4.89. The van der Waals surface area contributed by atoms with Crippen LogP contribution in [-0.2, 0) is 9.53 Å². The highest BCUT2D eigenvalue weighted by atomic mass is 19.1. The molecule has 2 aromatic heterocycles. The number of carbonyl (C=O) groups excluding carboxylic acids is 2. The summed E-state index contributed by atoms with van der Waals surface area (Å²) in [6.07, 6.45) is 1.93. The molecule has 0 aliphatic heterocycles. The zero-order valence-corrected chi connectivity index (χ0v) is 18.2. The van der Waals surface area contributed by atoms with E-state index < -0.39 is 11.8 Å². The first-order valence-corrected chi connectivity index (χ1v) is 10.4. The average Bonchev–Trinajstić information content (AvgIpc) is 3.16. The molecule has 0 unspecified atom stereocenters. The highest BCUT2D eigenvalue weighted by Crippen LogP contribution is 2.30. The number of halogens is 1. The molecule has 4 aromatic rings. The number of imidazole rings is 1. The lowest BCUT2D eigenvalue weighted by atomic mass is 10.1. The minimum Gasteiger partial charge on any atom is -0.465 e. The lowest BCUT2D eigenvalue weighted by Gasteiger charge is -2.09. The fourth-order valence-electron chi connectivity index (χ4n) is 3.32. The van der Waals surface area contributed by atoms with Crippen molar-refractivity contribution >= 4 is 23.4 Å². The molecule has 0 aliphatic carbocycles. The SMILES string of the molecule is CCOC(=O)CNc1c(-c2ccc(OC(=O)c3ccc(F)cc3)cc2)nc2ccc(C)cn12. The van der Waals surface area contributed by atoms with Gasteiger partial charge in [0.25, 0.3) is 0 Å². The van der Waals surface area contributed by atoms with Gasteiger partial charge in [0, 0.05) is 11.8 Å². The molecule has 8 heteroatoms. The van der Waals surface area contributed by atoms with E-state index in [-0.39, 0.29) is 18.1 Å². The van der Waals surface area contributed by atoms with Crippen LogP contribution in [0.4, 0.5) is 10.2 Å². The summed E-state index contributed by atoms with van der Waals surface area (Å²) in [5.74, 6) is -0.380. The molecule has 0 spiro atoms. The van der Waals surface area contributed by atoms with Gasteiger partial charge in [0.1, 0.15) is 35.3 Å². The van der Waals surface area contributed by atoms with Gasteiger partial charge in [-0.25, -0.2) is 14.2 Å². The van der Waals surface area contributed by atoms with Crippen molar-refractivity contribution in [1.29, 1.82) is 0 Å². The van der Waals surface area contributed by atoms with E-state index in [0.717, 1.165) is 11.1 Å². The van der Waals surface area contributed by atoms with Crippen LogP contribution in [0.3, 0.4) is 0 Å². The second-order valence-corrected chi connectivity index (χ2v) is 7.32. The van der Waals surface area contributed by atoms with Crippen molar-refractivity contribution in [3.8, 4) is 17.0 Å². The predicted molar refractivity (Wildman–Crippen MR) is 122 cm³/mol. The Labute approximate surface area is 189 Å². The number of rotatable bonds is 7. The Morgan fingerprint density at radius 1 is 1.03 bits per heavy atom. The first-order valence-electron chi connectivity index (χ1n) is 10.4. The highest BCUT2D eigenvalue weighted by molar-refractivity contribution is 5.91. The van der Waals surface area contributed by atoms with Crippen molar-refractivity contribution in [2.75, 3.05) is 18.5 Å². The molecule has 0 radical (unpaired) electrons. The Kier molecular flexibility index (Phi) is 6.35. The smallest absolute Gasteiger partial charge is 0.343 e. The molecule has 0 fully saturated rings. The third kappa shape index (κ3) is 5.01. The molecule has 0 saturated carbocycles. The van der Waals surface area contributed by atoms with Crippen LogP contribution < -0.4 is 10.1 Å². The number of benzene rings is 2. The topological polar surface area (TPSA) is 81.9 Å². The Hall–Kier alpha value is -4.20. The van der Waals surface area contributed by atoms with E-state index >= 15 is 0 Å². The standard InChI is InChI=1S/C25H22FN3O4/c1-3-32-22(30)14-27-24-23(28-21-13-4-16(2)15-29(21)24)17-7-11-20(12-8-17)33-25(31)18-5-9-19(26)10-6-18/h4-13,15,27H,3,14H2,1-2H3. The van der Waals surface area contributed by atoms with Crippen molar-refractivity contribution in [2.24, 2.45) is 0 Å². The first-order chi connectivity index (χ1) is 15.9. The van der Waals surface area contributed by atoms with E-state index in [2.05, 4.69) is 5.32 Å². The van der Waals surface area contributed by atoms with Crippen molar-refractivity contribution in [2.45, 2.75) is 13.8 Å². The van der Waals surface area contributed by atoms with E-state index in [1.807, 2.05) is 29.7 Å². The van der Waals surface area contributed by atoms with Crippen LogP contribution in [0.25, 0.3) is 16.9 Å². The lowest BCUT2D eigenvalue weighted by molar-refractivity contribution is -0.140. The maximum atomic E-state index is 13.1. The van der Waals surface area contributed by atoms with Crippen molar-refractivity contribution in [3.05, 3.63) is 83.8 Å². The second-order valence-electron chi connectivity index (χ2n) is 7.32. The molecule has 0 aliphatic rings. The molecular formula is C25H22FN3O4. The van der Waals surface area contributed by atoms with Gasteiger partial charge in [0.15, 0.2) is 0 Å². The summed E-state index contributed by atoms with van der Waals surface area (Å²) in [7, 11) is 0. The van der Waals surface area contributed by atoms with Gasteiger partial charge in [0.05, 0.1) is 12.2 Å². The van der Waals surface area contributed by atoms with E-state index in [0.29, 0.717) is 29.5 Å². The van der Waals surface area contributed by atoms with Gasteiger partial charge in [0.2, 0.25) is 0 Å². The summed E-state index contributed by atoms with van der Waals surface area (Å²) in [6.45, 7) is 4.03. The fraction of sp³-hybridized carbons (Fsp3) is 0.160. The summed E-state index contributed by atoms with van der Waals surface area (Å²) in [5, 5.41) is 3.13. The summed E-state index contributed by atoms with van der Waals surface area (Å²) in [6, 6.07) is 15.9. The molecule has 4 rings (SSSR count). The zero-order valence-electron chi connectivity index (χ0n) is 18.2. The molecule has 2 aromatic carbocycles. The molecule has 7 nitrogen and oxygen atoms in total. The molecule has 33 heavy (non-hydrogen) atoms. The van der Waals surface area contributed by atoms with Crippen LogP contribution in [0.2, 0.25) is 0 Å². The van der Waals surface area contributed by atoms with Gasteiger partial charge in [-0.15, -0.1) is 0 Å². The van der Waals surface area contributed by atoms with Gasteiger partial charge in [-0.05, 0) is 74.0 Å². The predicted octanol–water partition coefficient (Wildman–Crippen LogP) is 4.64. The molecule has 168 valence electrons. The molecule has 0 bridgehead atoms. The summed E-state index contributed by atoms with van der Waals surface area (Å²) >= 11 is 0. The van der Waals surface area contributed by atoms with Crippen LogP contribution in [0, 0.1) is 12.7 Å². The van der Waals surface area contributed by atoms with E-state index in [4.69, 9.17) is 14.5 Å². The van der Waals surface area contributed by atoms with E-state index in [1.54, 1.807) is 31.2 Å². The number of anilines is 1. The minimum absolute atomic E-state index is 0.00403. The van der Waals surface area contributed by atoms with Crippen LogP contribution in [0.15, 0.2) is 66.9 Å². The Bertz CT molecular complexity index is 1300. The third-order valence-corrected chi connectivity index (χ3v) is 4.89. The molecular weight excluding hydrogens is 425 g/mol. The number of pyridine rings is 1. The quantitative estimate of drug-likeness (QED) is 0.328. The van der Waals surface area contributed by atoms with Gasteiger partial charge in [-0.1, -0.05) is 6.07 Å². The van der Waals surface area contributed by atoms with E-state index in [9.17, 15) is 14.0 Å². The molecule has 0 saturated heterocycles. The lowest BCUT2D eigenvalue weighted by Crippen LogP contribution is -2.18. The van der Waals surface area contributed by atoms with Crippen LogP contribution in [0.1, 0.15) is 22.8 Å². The number of aryl methyl sites for hydroxylation is 1. The van der Waals surface area contributed by atoms with Crippen LogP contribution in [0.5, 0.6) is 5.75 Å². The van der Waals surface area contributed by atoms with Crippen molar-refractivity contribution in [1.82, 2.24) is 9.38 Å². The molecule has 0 amide bonds. The molecule has 2 heterocycles. The first kappa shape index (κ1) is 22.0. The normalized spacial score (nSPS) is 10.8. The van der Waals surface area contributed by atoms with Crippen LogP contribution in [-0.4, -0.2) is 34.5 Å². The van der Waals surface area contributed by atoms with Gasteiger partial charge in [-0.2, -0.15) is 0 Å². The number of carbonyl (C=O) groups is 2. The summed E-state index contributed by atoms with van der Waals surface area (Å²) in [4.78, 5) is 28.9. The number of nitrogens with one attached hydrogen (secondary N) is 1. The maximum absolute atomic E-state index is 13.1. The number of fused-ring (bicyclic) bond motifs is 1. The van der Waals surface area contributed by atoms with Gasteiger partial charge in [-0.3, -0.25) is 9.20 Å². The minimum atomic E-state index is -0.581. The number of ether oxygens (including phenoxy) is 2. The number of hydrogen-bond donors (Lipinski definition) is 1. The number of aromatic nitrogens is 2. The van der Waals surface area contributed by atoms with Crippen LogP contribution >= 0.6 is 0 Å². The Morgan fingerprint density at radius 3 is 2.45 bits per heavy atom. The van der Waals surface area contributed by atoms with Gasteiger partial charge >= 0.3 is 11.9 Å². The Morgan fingerprint density at radius 2 is 1.76 bits per heavy atom. The molecule has 0 atom stereocenters. The zero-order chi connectivity index (χ0) is 23.4. The number of hydrogen-bond acceptors (Lipinski definition) is 6. The average molecular weight is 447 g/mol. The largest absolute Gasteiger partial charge is 0.465 e. The fourth-order valence-corrected chi connectivity index (χ4v) is 3.32. The Balaban J connectivity index is 1.60. The van der Waals surface area contributed by atoms with Gasteiger partial charge < -0.3 is 14.8 Å². The highest BCUT2D eigenvalue weighted by Gasteiger charge is 2.16. The van der Waals surface area contributed by atoms with Crippen molar-refractivity contribution in [3.63, 3.8) is 0 Å². The summed E-state index contributed by atoms with van der Waals surface area (Å²) in [5.41, 5.74) is 3.41. The van der Waals surface area contributed by atoms with Crippen molar-refractivity contribution < 1.29 is 23.5 Å².